The van der Waals surface area contributed by atoms with Crippen LogP contribution in [0.4, 0.5) is 5.69 Å². The van der Waals surface area contributed by atoms with Crippen molar-refractivity contribution in [3.05, 3.63) is 29.8 Å². The summed E-state index contributed by atoms with van der Waals surface area (Å²) >= 11 is 0. The summed E-state index contributed by atoms with van der Waals surface area (Å²) in [6, 6.07) is 7.14. The van der Waals surface area contributed by atoms with E-state index in [-0.39, 0.29) is 23.7 Å². The van der Waals surface area contributed by atoms with E-state index in [1.807, 2.05) is 6.07 Å². The van der Waals surface area contributed by atoms with Gasteiger partial charge in [0.1, 0.15) is 0 Å². The smallest absolute Gasteiger partial charge is 0.253 e. The van der Waals surface area contributed by atoms with E-state index in [0.29, 0.717) is 30.9 Å². The van der Waals surface area contributed by atoms with E-state index in [1.165, 1.54) is 0 Å². The Morgan fingerprint density at radius 3 is 2.70 bits per heavy atom. The quantitative estimate of drug-likeness (QED) is 0.733. The van der Waals surface area contributed by atoms with Gasteiger partial charge in [-0.1, -0.05) is 12.1 Å². The van der Waals surface area contributed by atoms with Gasteiger partial charge in [-0.25, -0.2) is 0 Å². The van der Waals surface area contributed by atoms with Crippen molar-refractivity contribution in [2.75, 3.05) is 31.6 Å². The van der Waals surface area contributed by atoms with Gasteiger partial charge in [0, 0.05) is 38.5 Å². The molecule has 1 saturated carbocycles. The average Bonchev–Trinajstić information content (AvgIpc) is 3.34. The van der Waals surface area contributed by atoms with E-state index >= 15 is 0 Å². The number of rotatable bonds is 5. The van der Waals surface area contributed by atoms with E-state index in [4.69, 9.17) is 0 Å². The number of β-amino-alcohol motifs (C(OH)–C–C–N with tert-alkyl or cyclic N) is 1. The van der Waals surface area contributed by atoms with Gasteiger partial charge in [0.25, 0.3) is 5.91 Å². The minimum Gasteiger partial charge on any atom is -0.391 e. The molecule has 2 atom stereocenters. The van der Waals surface area contributed by atoms with Crippen LogP contribution in [0.2, 0.25) is 0 Å². The van der Waals surface area contributed by atoms with Crippen molar-refractivity contribution in [3.8, 4) is 0 Å². The first-order valence-electron chi connectivity index (χ1n) is 8.11. The summed E-state index contributed by atoms with van der Waals surface area (Å²) in [7, 11) is 1.72. The lowest BCUT2D eigenvalue weighted by Gasteiger charge is -2.21. The molecule has 2 unspecified atom stereocenters. The first-order chi connectivity index (χ1) is 11.1. The number of nitrogens with one attached hydrogen (secondary N) is 2. The van der Waals surface area contributed by atoms with Crippen LogP contribution in [0.15, 0.2) is 24.3 Å². The fourth-order valence-electron chi connectivity index (χ4n) is 2.93. The number of nitrogens with zero attached hydrogens (tertiary/aromatic N) is 1. The number of amides is 2. The van der Waals surface area contributed by atoms with Crippen molar-refractivity contribution in [2.45, 2.75) is 18.9 Å². The van der Waals surface area contributed by atoms with Gasteiger partial charge < -0.3 is 20.6 Å². The maximum absolute atomic E-state index is 12.5. The normalized spacial score (nSPS) is 23.6. The highest BCUT2D eigenvalue weighted by Gasteiger charge is 2.33. The Morgan fingerprint density at radius 2 is 2.04 bits per heavy atom. The number of aliphatic hydroxyl groups is 1. The minimum atomic E-state index is -0.426. The molecule has 1 aliphatic carbocycles. The molecule has 0 radical (unpaired) electrons. The second kappa shape index (κ2) is 6.68. The van der Waals surface area contributed by atoms with Crippen molar-refractivity contribution >= 4 is 17.5 Å². The Hall–Kier alpha value is -1.92. The standard InChI is InChI=1S/C17H23N3O3/c1-20(17(23)11-6-7-11)14-5-3-2-4-13(14)16(22)19-9-12-8-18-10-15(12)21/h2-5,11-12,15,18,21H,6-10H2,1H3,(H,19,22). The van der Waals surface area contributed by atoms with Crippen LogP contribution >= 0.6 is 0 Å². The van der Waals surface area contributed by atoms with Crippen LogP contribution in [0.5, 0.6) is 0 Å². The van der Waals surface area contributed by atoms with E-state index in [2.05, 4.69) is 10.6 Å². The number of benzene rings is 1. The first-order valence-corrected chi connectivity index (χ1v) is 8.11. The number of carbonyl (C=O) groups is 2. The molecule has 1 aromatic rings. The Balaban J connectivity index is 1.68. The van der Waals surface area contributed by atoms with Gasteiger partial charge >= 0.3 is 0 Å². The molecule has 0 bridgehead atoms. The number of hydrogen-bond acceptors (Lipinski definition) is 4. The molecule has 3 N–H and O–H groups in total. The van der Waals surface area contributed by atoms with Crippen LogP contribution in [0.1, 0.15) is 23.2 Å². The van der Waals surface area contributed by atoms with E-state index in [1.54, 1.807) is 30.1 Å². The number of anilines is 1. The molecule has 2 amide bonds. The molecule has 2 aliphatic rings. The number of para-hydroxylation sites is 1. The summed E-state index contributed by atoms with van der Waals surface area (Å²) in [6.07, 6.45) is 1.44. The van der Waals surface area contributed by atoms with E-state index in [9.17, 15) is 14.7 Å². The van der Waals surface area contributed by atoms with Gasteiger partial charge in [-0.05, 0) is 25.0 Å². The van der Waals surface area contributed by atoms with Crippen LogP contribution in [0, 0.1) is 11.8 Å². The van der Waals surface area contributed by atoms with Crippen molar-refractivity contribution in [1.82, 2.24) is 10.6 Å². The SMILES string of the molecule is CN(C(=O)C1CC1)c1ccccc1C(=O)NCC1CNCC1O. The number of aliphatic hydroxyl groups excluding tert-OH is 1. The van der Waals surface area contributed by atoms with Crippen molar-refractivity contribution in [2.24, 2.45) is 11.8 Å². The number of carbonyl (C=O) groups excluding carboxylic acids is 2. The molecule has 1 heterocycles. The van der Waals surface area contributed by atoms with Gasteiger partial charge in [0.2, 0.25) is 5.91 Å². The Morgan fingerprint density at radius 1 is 1.30 bits per heavy atom. The fraction of sp³-hybridized carbons (Fsp3) is 0.529. The average molecular weight is 317 g/mol. The maximum atomic E-state index is 12.5. The molecule has 124 valence electrons. The lowest BCUT2D eigenvalue weighted by Crippen LogP contribution is -2.36. The van der Waals surface area contributed by atoms with Gasteiger partial charge in [0.05, 0.1) is 17.4 Å². The third kappa shape index (κ3) is 3.54. The lowest BCUT2D eigenvalue weighted by molar-refractivity contribution is -0.119. The largest absolute Gasteiger partial charge is 0.391 e. The predicted molar refractivity (Wildman–Crippen MR) is 87.3 cm³/mol. The minimum absolute atomic E-state index is 0.0249. The molecule has 23 heavy (non-hydrogen) atoms. The van der Waals surface area contributed by atoms with Crippen molar-refractivity contribution < 1.29 is 14.7 Å². The highest BCUT2D eigenvalue weighted by molar-refractivity contribution is 6.05. The summed E-state index contributed by atoms with van der Waals surface area (Å²) in [4.78, 5) is 26.3. The zero-order valence-electron chi connectivity index (χ0n) is 13.3. The molecule has 1 aromatic carbocycles. The summed E-state index contributed by atoms with van der Waals surface area (Å²) in [5, 5.41) is 15.8. The molecular formula is C17H23N3O3. The third-order valence-electron chi connectivity index (χ3n) is 4.60. The molecule has 2 fully saturated rings. The molecule has 1 aliphatic heterocycles. The van der Waals surface area contributed by atoms with Crippen molar-refractivity contribution in [3.63, 3.8) is 0 Å². The van der Waals surface area contributed by atoms with Gasteiger partial charge in [0.15, 0.2) is 0 Å². The highest BCUT2D eigenvalue weighted by Crippen LogP contribution is 2.33. The van der Waals surface area contributed by atoms with Crippen LogP contribution in [-0.2, 0) is 4.79 Å². The monoisotopic (exact) mass is 317 g/mol. The summed E-state index contributed by atoms with van der Waals surface area (Å²) in [5.41, 5.74) is 1.12. The second-order valence-corrected chi connectivity index (χ2v) is 6.38. The second-order valence-electron chi connectivity index (χ2n) is 6.38. The predicted octanol–water partition coefficient (Wildman–Crippen LogP) is 0.369. The molecular weight excluding hydrogens is 294 g/mol. The molecule has 3 rings (SSSR count). The fourth-order valence-corrected chi connectivity index (χ4v) is 2.93. The summed E-state index contributed by atoms with van der Waals surface area (Å²) in [5.74, 6) is -0.0106. The molecule has 0 aromatic heterocycles. The highest BCUT2D eigenvalue weighted by atomic mass is 16.3. The molecule has 6 nitrogen and oxygen atoms in total. The zero-order chi connectivity index (χ0) is 16.4. The summed E-state index contributed by atoms with van der Waals surface area (Å²) in [6.45, 7) is 1.68. The number of hydrogen-bond donors (Lipinski definition) is 3. The van der Waals surface area contributed by atoms with Gasteiger partial charge in [-0.2, -0.15) is 0 Å². The molecule has 0 spiro atoms. The molecule has 6 heteroatoms. The van der Waals surface area contributed by atoms with Crippen LogP contribution < -0.4 is 15.5 Å². The van der Waals surface area contributed by atoms with Crippen LogP contribution in [0.3, 0.4) is 0 Å². The van der Waals surface area contributed by atoms with E-state index in [0.717, 1.165) is 12.8 Å². The van der Waals surface area contributed by atoms with Crippen molar-refractivity contribution in [1.29, 1.82) is 0 Å². The Bertz CT molecular complexity index is 601. The van der Waals surface area contributed by atoms with Crippen LogP contribution in [0.25, 0.3) is 0 Å². The Kier molecular flexibility index (Phi) is 4.63. The zero-order valence-corrected chi connectivity index (χ0v) is 13.3. The third-order valence-corrected chi connectivity index (χ3v) is 4.60. The van der Waals surface area contributed by atoms with Gasteiger partial charge in [-0.3, -0.25) is 9.59 Å². The topological polar surface area (TPSA) is 81.7 Å². The van der Waals surface area contributed by atoms with E-state index < -0.39 is 6.10 Å². The maximum Gasteiger partial charge on any atom is 0.253 e. The first kappa shape index (κ1) is 16.0. The molecule has 1 saturated heterocycles. The Labute approximate surface area is 135 Å². The lowest BCUT2D eigenvalue weighted by atomic mass is 10.1. The van der Waals surface area contributed by atoms with Crippen LogP contribution in [-0.4, -0.2) is 49.7 Å². The summed E-state index contributed by atoms with van der Waals surface area (Å²) < 4.78 is 0. The van der Waals surface area contributed by atoms with Gasteiger partial charge in [-0.15, -0.1) is 0 Å².